The molecule has 1 unspecified atom stereocenters. The second-order valence-corrected chi connectivity index (χ2v) is 4.65. The molecule has 0 bridgehead atoms. The molecule has 0 saturated heterocycles. The van der Waals surface area contributed by atoms with Crippen molar-refractivity contribution >= 4 is 53.8 Å². The Kier molecular flexibility index (Phi) is 5.32. The summed E-state index contributed by atoms with van der Waals surface area (Å²) in [6.07, 6.45) is 0. The van der Waals surface area contributed by atoms with Crippen molar-refractivity contribution in [3.63, 3.8) is 0 Å². The van der Waals surface area contributed by atoms with E-state index >= 15 is 0 Å². The molecule has 1 heterocycles. The third-order valence-electron chi connectivity index (χ3n) is 1.48. The van der Waals surface area contributed by atoms with Gasteiger partial charge in [-0.1, -0.05) is 7.43 Å². The zero-order valence-corrected chi connectivity index (χ0v) is 11.2. The smallest absolute Gasteiger partial charge is 0.328 e. The molecule has 1 atom stereocenters. The van der Waals surface area contributed by atoms with E-state index in [9.17, 15) is 4.79 Å². The van der Waals surface area contributed by atoms with Crippen molar-refractivity contribution < 1.29 is 9.90 Å². The van der Waals surface area contributed by atoms with Crippen LogP contribution >= 0.6 is 47.8 Å². The topological polar surface area (TPSA) is 55.1 Å². The largest absolute Gasteiger partial charge is 0.480 e. The van der Waals surface area contributed by atoms with Gasteiger partial charge in [0, 0.05) is 0 Å². The molecule has 0 aliphatic heterocycles. The van der Waals surface area contributed by atoms with Gasteiger partial charge < -0.3 is 5.11 Å². The molecule has 0 spiro atoms. The number of hydrogen-bond acceptors (Lipinski definition) is 2. The first-order valence-electron chi connectivity index (χ1n) is 3.27. The molecule has 4 nitrogen and oxygen atoms in total. The molecule has 7 heteroatoms. The number of hydrogen-bond donors (Lipinski definition) is 1. The van der Waals surface area contributed by atoms with Crippen LogP contribution in [0.5, 0.6) is 0 Å². The monoisotopic (exact) mass is 390 g/mol. The number of rotatable bonds is 2. The number of carbonyl (C=O) groups is 1. The molecular formula is C7H9Br3N2O2. The zero-order valence-electron chi connectivity index (χ0n) is 6.46. The Balaban J connectivity index is 0.00000169. The second-order valence-electron chi connectivity index (χ2n) is 2.35. The maximum atomic E-state index is 10.7. The van der Waals surface area contributed by atoms with Crippen LogP contribution in [-0.4, -0.2) is 20.9 Å². The van der Waals surface area contributed by atoms with Crippen molar-refractivity contribution in [1.29, 1.82) is 0 Å². The van der Waals surface area contributed by atoms with E-state index in [1.54, 1.807) is 6.92 Å². The summed E-state index contributed by atoms with van der Waals surface area (Å²) in [4.78, 5) is 10.7. The molecule has 1 rings (SSSR count). The highest BCUT2D eigenvalue weighted by Crippen LogP contribution is 2.32. The van der Waals surface area contributed by atoms with Gasteiger partial charge in [0.05, 0.1) is 4.47 Å². The van der Waals surface area contributed by atoms with E-state index in [1.807, 2.05) is 0 Å². The molecule has 0 aliphatic rings. The molecule has 0 aliphatic carbocycles. The van der Waals surface area contributed by atoms with Crippen LogP contribution in [0, 0.1) is 0 Å². The average Bonchev–Trinajstić information content (AvgIpc) is 2.31. The summed E-state index contributed by atoms with van der Waals surface area (Å²) in [6.45, 7) is 1.55. The highest BCUT2D eigenvalue weighted by molar-refractivity contribution is 9.14. The van der Waals surface area contributed by atoms with Crippen LogP contribution in [0.25, 0.3) is 0 Å². The number of nitrogens with zero attached hydrogens (tertiary/aromatic N) is 2. The molecule has 1 N–H and O–H groups in total. The van der Waals surface area contributed by atoms with Crippen LogP contribution in [0.15, 0.2) is 13.7 Å². The lowest BCUT2D eigenvalue weighted by atomic mass is 10.4. The van der Waals surface area contributed by atoms with Gasteiger partial charge in [-0.2, -0.15) is 5.10 Å². The van der Waals surface area contributed by atoms with Gasteiger partial charge in [0.25, 0.3) is 0 Å². The molecule has 80 valence electrons. The first-order chi connectivity index (χ1) is 5.95. The Morgan fingerprint density at radius 2 is 2.00 bits per heavy atom. The van der Waals surface area contributed by atoms with E-state index in [4.69, 9.17) is 5.11 Å². The molecule has 0 aromatic carbocycles. The lowest BCUT2D eigenvalue weighted by Crippen LogP contribution is -2.16. The molecule has 0 amide bonds. The molecule has 0 saturated carbocycles. The quantitative estimate of drug-likeness (QED) is 0.838. The predicted octanol–water partition coefficient (Wildman–Crippen LogP) is 3.45. The number of carboxylic acids is 1. The van der Waals surface area contributed by atoms with E-state index in [2.05, 4.69) is 52.9 Å². The maximum absolute atomic E-state index is 10.7. The summed E-state index contributed by atoms with van der Waals surface area (Å²) in [5, 5.41) is 12.7. The molecule has 14 heavy (non-hydrogen) atoms. The minimum atomic E-state index is -0.928. The summed E-state index contributed by atoms with van der Waals surface area (Å²) in [5.41, 5.74) is 0. The number of halogens is 3. The van der Waals surface area contributed by atoms with Crippen molar-refractivity contribution in [2.75, 3.05) is 0 Å². The third kappa shape index (κ3) is 2.58. The summed E-state index contributed by atoms with van der Waals surface area (Å²) < 4.78 is 3.26. The Labute approximate surface area is 107 Å². The van der Waals surface area contributed by atoms with Crippen molar-refractivity contribution in [2.24, 2.45) is 0 Å². The van der Waals surface area contributed by atoms with Crippen LogP contribution in [0.2, 0.25) is 0 Å². The maximum Gasteiger partial charge on any atom is 0.328 e. The van der Waals surface area contributed by atoms with Crippen LogP contribution in [-0.2, 0) is 4.79 Å². The van der Waals surface area contributed by atoms with E-state index < -0.39 is 12.0 Å². The van der Waals surface area contributed by atoms with Gasteiger partial charge in [-0.25, -0.2) is 9.48 Å². The lowest BCUT2D eigenvalue weighted by molar-refractivity contribution is -0.140. The first kappa shape index (κ1) is 14.1. The van der Waals surface area contributed by atoms with Gasteiger partial charge >= 0.3 is 5.97 Å². The summed E-state index contributed by atoms with van der Waals surface area (Å²) >= 11 is 9.66. The van der Waals surface area contributed by atoms with Crippen LogP contribution in [0.3, 0.4) is 0 Å². The van der Waals surface area contributed by atoms with Gasteiger partial charge in [0.15, 0.2) is 0 Å². The van der Waals surface area contributed by atoms with Gasteiger partial charge in [0.2, 0.25) is 0 Å². The zero-order chi connectivity index (χ0) is 10.2. The lowest BCUT2D eigenvalue weighted by Gasteiger charge is -2.07. The number of carboxylic acid groups (broad SMARTS) is 1. The predicted molar refractivity (Wildman–Crippen MR) is 64.4 cm³/mol. The van der Waals surface area contributed by atoms with E-state index in [-0.39, 0.29) is 7.43 Å². The molecule has 1 aromatic heterocycles. The fourth-order valence-corrected chi connectivity index (χ4v) is 2.19. The van der Waals surface area contributed by atoms with Crippen LogP contribution < -0.4 is 0 Å². The normalized spacial score (nSPS) is 12.0. The summed E-state index contributed by atoms with van der Waals surface area (Å²) in [6, 6.07) is -0.697. The summed E-state index contributed by atoms with van der Waals surface area (Å²) in [7, 11) is 0. The highest BCUT2D eigenvalue weighted by atomic mass is 79.9. The van der Waals surface area contributed by atoms with Crippen molar-refractivity contribution in [1.82, 2.24) is 9.78 Å². The fourth-order valence-electron chi connectivity index (χ4n) is 0.729. The number of aliphatic carboxylic acids is 1. The van der Waals surface area contributed by atoms with Crippen molar-refractivity contribution in [3.05, 3.63) is 13.7 Å². The Bertz CT molecular complexity index is 351. The Morgan fingerprint density at radius 3 is 2.29 bits per heavy atom. The molecular weight excluding hydrogens is 384 g/mol. The first-order valence-corrected chi connectivity index (χ1v) is 5.65. The minimum Gasteiger partial charge on any atom is -0.480 e. The minimum absolute atomic E-state index is 0. The fraction of sp³-hybridized carbons (Fsp3) is 0.429. The van der Waals surface area contributed by atoms with E-state index in [0.717, 1.165) is 0 Å². The number of aromatic nitrogens is 2. The standard InChI is InChI=1S/C6H5Br3N2O2.CH4/c1-2(6(12)13)11-5(9)3(7)4(8)10-11;/h2H,1H3,(H,12,13);1H4. The molecule has 1 aromatic rings. The second kappa shape index (κ2) is 5.27. The molecule has 0 fully saturated rings. The van der Waals surface area contributed by atoms with Crippen molar-refractivity contribution in [2.45, 2.75) is 20.4 Å². The van der Waals surface area contributed by atoms with Gasteiger partial charge in [-0.15, -0.1) is 0 Å². The van der Waals surface area contributed by atoms with Crippen molar-refractivity contribution in [3.8, 4) is 0 Å². The SMILES string of the molecule is C.CC(C(=O)O)n1nc(Br)c(Br)c1Br. The third-order valence-corrected chi connectivity index (χ3v) is 4.61. The van der Waals surface area contributed by atoms with Gasteiger partial charge in [-0.3, -0.25) is 0 Å². The Hall–Kier alpha value is 0.120. The van der Waals surface area contributed by atoms with E-state index in [1.165, 1.54) is 4.68 Å². The van der Waals surface area contributed by atoms with Crippen LogP contribution in [0.4, 0.5) is 0 Å². The van der Waals surface area contributed by atoms with Gasteiger partial charge in [0.1, 0.15) is 15.2 Å². The summed E-state index contributed by atoms with van der Waals surface area (Å²) in [5.74, 6) is -0.928. The van der Waals surface area contributed by atoms with E-state index in [0.29, 0.717) is 13.7 Å². The van der Waals surface area contributed by atoms with Gasteiger partial charge in [-0.05, 0) is 54.7 Å². The highest BCUT2D eigenvalue weighted by Gasteiger charge is 2.20. The average molecular weight is 393 g/mol. The van der Waals surface area contributed by atoms with Crippen LogP contribution in [0.1, 0.15) is 20.4 Å². The Morgan fingerprint density at radius 1 is 1.50 bits per heavy atom. The molecule has 0 radical (unpaired) electrons.